The Morgan fingerprint density at radius 2 is 1.60 bits per heavy atom. The first-order valence-electron chi connectivity index (χ1n) is 8.52. The molecule has 0 saturated carbocycles. The molecule has 0 aliphatic carbocycles. The predicted molar refractivity (Wildman–Crippen MR) is 108 cm³/mol. The molecule has 0 aliphatic heterocycles. The van der Waals surface area contributed by atoms with E-state index in [-0.39, 0.29) is 34.4 Å². The topological polar surface area (TPSA) is 58.6 Å². The van der Waals surface area contributed by atoms with Gasteiger partial charge in [0.2, 0.25) is 0 Å². The predicted octanol–water partition coefficient (Wildman–Crippen LogP) is 6.55. The maximum atomic E-state index is 12.7. The van der Waals surface area contributed by atoms with Crippen LogP contribution in [0.4, 0.5) is 18.9 Å². The summed E-state index contributed by atoms with van der Waals surface area (Å²) in [6.07, 6.45) is -4.42. The molecule has 30 heavy (non-hydrogen) atoms. The van der Waals surface area contributed by atoms with E-state index in [4.69, 9.17) is 27.9 Å². The Morgan fingerprint density at radius 3 is 2.27 bits per heavy atom. The molecule has 3 rings (SSSR count). The SMILES string of the molecule is O=C(Nc1cc(Cl)ccc1OCc1ccc(C(F)(F)F)cc1)c1cc(Cl)ccc1O. The number of amides is 1. The summed E-state index contributed by atoms with van der Waals surface area (Å²) in [6, 6.07) is 13.1. The zero-order chi connectivity index (χ0) is 21.9. The van der Waals surface area contributed by atoms with E-state index in [0.717, 1.165) is 12.1 Å². The van der Waals surface area contributed by atoms with Crippen molar-refractivity contribution in [3.8, 4) is 11.5 Å². The summed E-state index contributed by atoms with van der Waals surface area (Å²) >= 11 is 11.9. The highest BCUT2D eigenvalue weighted by Crippen LogP contribution is 2.32. The summed E-state index contributed by atoms with van der Waals surface area (Å²) in [5, 5.41) is 13.1. The maximum absolute atomic E-state index is 12.7. The van der Waals surface area contributed by atoms with Crippen LogP contribution in [0.15, 0.2) is 60.7 Å². The van der Waals surface area contributed by atoms with E-state index < -0.39 is 17.6 Å². The zero-order valence-corrected chi connectivity index (χ0v) is 16.6. The summed E-state index contributed by atoms with van der Waals surface area (Å²) in [4.78, 5) is 12.5. The molecule has 1 amide bonds. The van der Waals surface area contributed by atoms with E-state index in [1.54, 1.807) is 0 Å². The van der Waals surface area contributed by atoms with Crippen LogP contribution < -0.4 is 10.1 Å². The lowest BCUT2D eigenvalue weighted by atomic mass is 10.1. The van der Waals surface area contributed by atoms with Gasteiger partial charge in [-0.2, -0.15) is 13.2 Å². The number of benzene rings is 3. The maximum Gasteiger partial charge on any atom is 0.416 e. The van der Waals surface area contributed by atoms with Crippen molar-refractivity contribution in [3.05, 3.63) is 87.4 Å². The summed E-state index contributed by atoms with van der Waals surface area (Å²) in [5.41, 5.74) is -0.0790. The third kappa shape index (κ3) is 5.37. The van der Waals surface area contributed by atoms with Gasteiger partial charge in [0.25, 0.3) is 5.91 Å². The molecule has 0 spiro atoms. The second-order valence-corrected chi connectivity index (χ2v) is 7.11. The van der Waals surface area contributed by atoms with Crippen molar-refractivity contribution in [2.75, 3.05) is 5.32 Å². The van der Waals surface area contributed by atoms with Gasteiger partial charge in [0.15, 0.2) is 0 Å². The molecule has 0 saturated heterocycles. The molecule has 0 bridgehead atoms. The first-order valence-corrected chi connectivity index (χ1v) is 9.27. The van der Waals surface area contributed by atoms with Crippen molar-refractivity contribution < 1.29 is 27.8 Å². The molecule has 0 aromatic heterocycles. The number of aromatic hydroxyl groups is 1. The van der Waals surface area contributed by atoms with Gasteiger partial charge in [-0.3, -0.25) is 4.79 Å². The number of carbonyl (C=O) groups excluding carboxylic acids is 1. The minimum Gasteiger partial charge on any atom is -0.507 e. The monoisotopic (exact) mass is 455 g/mol. The van der Waals surface area contributed by atoms with Crippen molar-refractivity contribution in [2.24, 2.45) is 0 Å². The van der Waals surface area contributed by atoms with Crippen LogP contribution in [-0.4, -0.2) is 11.0 Å². The molecule has 3 aromatic rings. The molecule has 0 fully saturated rings. The van der Waals surface area contributed by atoms with Gasteiger partial charge < -0.3 is 15.2 Å². The Labute approximate surface area is 179 Å². The highest BCUT2D eigenvalue weighted by atomic mass is 35.5. The van der Waals surface area contributed by atoms with Gasteiger partial charge in [-0.25, -0.2) is 0 Å². The molecule has 156 valence electrons. The van der Waals surface area contributed by atoms with E-state index in [2.05, 4.69) is 5.32 Å². The number of nitrogens with one attached hydrogen (secondary N) is 1. The number of hydrogen-bond donors (Lipinski definition) is 2. The van der Waals surface area contributed by atoms with E-state index in [1.807, 2.05) is 0 Å². The van der Waals surface area contributed by atoms with Gasteiger partial charge in [0.1, 0.15) is 18.1 Å². The van der Waals surface area contributed by atoms with Crippen LogP contribution >= 0.6 is 23.2 Å². The first kappa shape index (κ1) is 21.8. The molecule has 0 atom stereocenters. The molecular formula is C21H14Cl2F3NO3. The van der Waals surface area contributed by atoms with Gasteiger partial charge in [-0.1, -0.05) is 35.3 Å². The Morgan fingerprint density at radius 1 is 0.967 bits per heavy atom. The minimum atomic E-state index is -4.42. The number of anilines is 1. The third-order valence-electron chi connectivity index (χ3n) is 4.07. The lowest BCUT2D eigenvalue weighted by molar-refractivity contribution is -0.137. The van der Waals surface area contributed by atoms with Crippen molar-refractivity contribution in [1.82, 2.24) is 0 Å². The van der Waals surface area contributed by atoms with Crippen LogP contribution in [0.1, 0.15) is 21.5 Å². The van der Waals surface area contributed by atoms with Crippen LogP contribution in [-0.2, 0) is 12.8 Å². The number of halogens is 5. The van der Waals surface area contributed by atoms with Crippen molar-refractivity contribution in [3.63, 3.8) is 0 Å². The fourth-order valence-corrected chi connectivity index (χ4v) is 2.90. The van der Waals surface area contributed by atoms with E-state index in [9.17, 15) is 23.1 Å². The molecule has 0 unspecified atom stereocenters. The number of phenolic OH excluding ortho intramolecular Hbond substituents is 1. The molecule has 4 nitrogen and oxygen atoms in total. The summed E-state index contributed by atoms with van der Waals surface area (Å²) in [7, 11) is 0. The smallest absolute Gasteiger partial charge is 0.416 e. The third-order valence-corrected chi connectivity index (χ3v) is 4.54. The molecule has 0 aliphatic rings. The molecule has 0 heterocycles. The highest BCUT2D eigenvalue weighted by Gasteiger charge is 2.29. The highest BCUT2D eigenvalue weighted by molar-refractivity contribution is 6.31. The average molecular weight is 456 g/mol. The van der Waals surface area contributed by atoms with Gasteiger partial charge >= 0.3 is 6.18 Å². The lowest BCUT2D eigenvalue weighted by Crippen LogP contribution is -2.13. The average Bonchev–Trinajstić information content (AvgIpc) is 2.69. The van der Waals surface area contributed by atoms with Crippen LogP contribution in [0, 0.1) is 0 Å². The molecule has 0 radical (unpaired) electrons. The van der Waals surface area contributed by atoms with Crippen molar-refractivity contribution in [1.29, 1.82) is 0 Å². The fraction of sp³-hybridized carbons (Fsp3) is 0.0952. The lowest BCUT2D eigenvalue weighted by Gasteiger charge is -2.14. The van der Waals surface area contributed by atoms with Crippen LogP contribution in [0.3, 0.4) is 0 Å². The number of rotatable bonds is 5. The number of alkyl halides is 3. The number of phenols is 1. The van der Waals surface area contributed by atoms with E-state index in [1.165, 1.54) is 48.5 Å². The standard InChI is InChI=1S/C21H14Cl2F3NO3/c22-14-5-7-18(28)16(9-14)20(29)27-17-10-15(23)6-8-19(17)30-11-12-1-3-13(4-2-12)21(24,25)26/h1-10,28H,11H2,(H,27,29). The minimum absolute atomic E-state index is 0.0367. The van der Waals surface area contributed by atoms with Gasteiger partial charge in [0, 0.05) is 10.0 Å². The Bertz CT molecular complexity index is 1070. The fourth-order valence-electron chi connectivity index (χ4n) is 2.56. The van der Waals surface area contributed by atoms with Gasteiger partial charge in [-0.05, 0) is 54.1 Å². The largest absolute Gasteiger partial charge is 0.507 e. The summed E-state index contributed by atoms with van der Waals surface area (Å²) in [5.74, 6) is -0.656. The van der Waals surface area contributed by atoms with E-state index >= 15 is 0 Å². The second kappa shape index (κ2) is 8.85. The normalized spacial score (nSPS) is 11.2. The van der Waals surface area contributed by atoms with Crippen LogP contribution in [0.2, 0.25) is 10.0 Å². The number of hydrogen-bond acceptors (Lipinski definition) is 3. The van der Waals surface area contributed by atoms with Crippen molar-refractivity contribution >= 4 is 34.8 Å². The molecule has 3 aromatic carbocycles. The number of ether oxygens (including phenoxy) is 1. The Kier molecular flexibility index (Phi) is 6.43. The van der Waals surface area contributed by atoms with E-state index in [0.29, 0.717) is 10.6 Å². The Hall–Kier alpha value is -2.90. The summed E-state index contributed by atoms with van der Waals surface area (Å²) < 4.78 is 43.6. The quantitative estimate of drug-likeness (QED) is 0.458. The van der Waals surface area contributed by atoms with Gasteiger partial charge in [-0.15, -0.1) is 0 Å². The second-order valence-electron chi connectivity index (χ2n) is 6.24. The molecular weight excluding hydrogens is 442 g/mol. The Balaban J connectivity index is 1.77. The zero-order valence-electron chi connectivity index (χ0n) is 15.1. The first-order chi connectivity index (χ1) is 14.1. The molecule has 9 heteroatoms. The molecule has 2 N–H and O–H groups in total. The summed E-state index contributed by atoms with van der Waals surface area (Å²) in [6.45, 7) is -0.0367. The van der Waals surface area contributed by atoms with Crippen LogP contribution in [0.5, 0.6) is 11.5 Å². The van der Waals surface area contributed by atoms with Crippen LogP contribution in [0.25, 0.3) is 0 Å². The van der Waals surface area contributed by atoms with Gasteiger partial charge in [0.05, 0.1) is 16.8 Å². The number of carbonyl (C=O) groups is 1. The van der Waals surface area contributed by atoms with Crippen molar-refractivity contribution in [2.45, 2.75) is 12.8 Å².